The van der Waals surface area contributed by atoms with Gasteiger partial charge in [-0.15, -0.1) is 0 Å². The maximum Gasteiger partial charge on any atom is 0.0346 e. The van der Waals surface area contributed by atoms with Gasteiger partial charge in [0.25, 0.3) is 0 Å². The first-order chi connectivity index (χ1) is 14.3. The van der Waals surface area contributed by atoms with E-state index in [9.17, 15) is 0 Å². The molecule has 0 unspecified atom stereocenters. The van der Waals surface area contributed by atoms with E-state index in [1.54, 1.807) is 0 Å². The molecule has 0 saturated carbocycles. The molecule has 0 amide bonds. The first kappa shape index (κ1) is 16.7. The maximum absolute atomic E-state index is 4.33. The number of hydrogen-bond acceptors (Lipinski definition) is 1. The van der Waals surface area contributed by atoms with Crippen molar-refractivity contribution >= 4 is 48.2 Å². The van der Waals surface area contributed by atoms with Gasteiger partial charge in [-0.1, -0.05) is 82.7 Å². The number of pyridine rings is 1. The maximum atomic E-state index is 4.33. The zero-order valence-electron chi connectivity index (χ0n) is 15.6. The lowest BCUT2D eigenvalue weighted by Gasteiger charge is -2.16. The van der Waals surface area contributed by atoms with Crippen LogP contribution in [0, 0.1) is 0 Å². The molecule has 6 rings (SSSR count). The lowest BCUT2D eigenvalue weighted by Crippen LogP contribution is -1.89. The second kappa shape index (κ2) is 6.40. The van der Waals surface area contributed by atoms with E-state index in [0.717, 1.165) is 10.0 Å². The number of aromatic nitrogens is 1. The lowest BCUT2D eigenvalue weighted by molar-refractivity contribution is 1.33. The summed E-state index contributed by atoms with van der Waals surface area (Å²) in [5, 5.41) is 7.79. The summed E-state index contributed by atoms with van der Waals surface area (Å²) in [4.78, 5) is 4.33. The smallest absolute Gasteiger partial charge is 0.0346 e. The predicted molar refractivity (Wildman–Crippen MR) is 127 cm³/mol. The minimum Gasteiger partial charge on any atom is -0.264 e. The molecule has 0 bridgehead atoms. The second-order valence-electron chi connectivity index (χ2n) is 7.40. The Morgan fingerprint density at radius 3 is 1.83 bits per heavy atom. The van der Waals surface area contributed by atoms with Gasteiger partial charge in [0.2, 0.25) is 0 Å². The van der Waals surface area contributed by atoms with Gasteiger partial charge in [-0.05, 0) is 67.2 Å². The zero-order valence-corrected chi connectivity index (χ0v) is 17.1. The molecule has 5 aromatic carbocycles. The molecule has 0 N–H and O–H groups in total. The summed E-state index contributed by atoms with van der Waals surface area (Å²) in [6.45, 7) is 0. The van der Waals surface area contributed by atoms with Crippen LogP contribution in [0.2, 0.25) is 0 Å². The summed E-state index contributed by atoms with van der Waals surface area (Å²) >= 11 is 3.62. The van der Waals surface area contributed by atoms with Gasteiger partial charge in [0.15, 0.2) is 0 Å². The standard InChI is InChI=1S/C27H16BrN/c28-21-5-1-3-19(15-21)22-10-6-17-9-13-25-23(20-4-2-14-29-16-20)11-7-18-8-12-24(22)26(17)27(18)25/h1-16H. The van der Waals surface area contributed by atoms with Crippen molar-refractivity contribution in [2.75, 3.05) is 0 Å². The van der Waals surface area contributed by atoms with Gasteiger partial charge in [-0.2, -0.15) is 0 Å². The highest BCUT2D eigenvalue weighted by Crippen LogP contribution is 2.42. The molecule has 0 saturated heterocycles. The van der Waals surface area contributed by atoms with Crippen molar-refractivity contribution in [3.8, 4) is 22.3 Å². The first-order valence-electron chi connectivity index (χ1n) is 9.66. The molecule has 29 heavy (non-hydrogen) atoms. The number of rotatable bonds is 2. The van der Waals surface area contributed by atoms with E-state index in [1.807, 2.05) is 18.5 Å². The first-order valence-corrected chi connectivity index (χ1v) is 10.5. The molecule has 0 aliphatic carbocycles. The van der Waals surface area contributed by atoms with Gasteiger partial charge in [0.1, 0.15) is 0 Å². The second-order valence-corrected chi connectivity index (χ2v) is 8.32. The van der Waals surface area contributed by atoms with Crippen LogP contribution in [0.3, 0.4) is 0 Å². The average molecular weight is 434 g/mol. The normalized spacial score (nSPS) is 11.6. The molecule has 6 aromatic rings. The molecule has 0 aliphatic rings. The Kier molecular flexibility index (Phi) is 3.68. The van der Waals surface area contributed by atoms with Crippen molar-refractivity contribution in [3.05, 3.63) is 102 Å². The molecule has 1 aromatic heterocycles. The fourth-order valence-electron chi connectivity index (χ4n) is 4.48. The predicted octanol–water partition coefficient (Wildman–Crippen LogP) is 8.08. The minimum absolute atomic E-state index is 1.10. The Morgan fingerprint density at radius 2 is 1.21 bits per heavy atom. The molecular formula is C27H16BrN. The summed E-state index contributed by atoms with van der Waals surface area (Å²) < 4.78 is 1.10. The Labute approximate surface area is 177 Å². The Bertz CT molecular complexity index is 1500. The van der Waals surface area contributed by atoms with Gasteiger partial charge in [-0.3, -0.25) is 4.98 Å². The molecule has 0 radical (unpaired) electrons. The van der Waals surface area contributed by atoms with Crippen molar-refractivity contribution < 1.29 is 0 Å². The number of halogens is 1. The number of hydrogen-bond donors (Lipinski definition) is 0. The summed E-state index contributed by atoms with van der Waals surface area (Å²) in [5.74, 6) is 0. The van der Waals surface area contributed by atoms with Crippen LogP contribution in [-0.2, 0) is 0 Å². The molecule has 0 fully saturated rings. The van der Waals surface area contributed by atoms with Gasteiger partial charge < -0.3 is 0 Å². The van der Waals surface area contributed by atoms with E-state index >= 15 is 0 Å². The quantitative estimate of drug-likeness (QED) is 0.251. The molecular weight excluding hydrogens is 418 g/mol. The topological polar surface area (TPSA) is 12.9 Å². The van der Waals surface area contributed by atoms with Crippen LogP contribution in [0.15, 0.2) is 102 Å². The Morgan fingerprint density at radius 1 is 0.586 bits per heavy atom. The third kappa shape index (κ3) is 2.56. The molecule has 1 heterocycles. The van der Waals surface area contributed by atoms with Crippen molar-refractivity contribution in [2.45, 2.75) is 0 Å². The van der Waals surface area contributed by atoms with E-state index in [4.69, 9.17) is 0 Å². The van der Waals surface area contributed by atoms with Gasteiger partial charge in [0.05, 0.1) is 0 Å². The molecule has 0 aliphatic heterocycles. The van der Waals surface area contributed by atoms with Gasteiger partial charge in [0, 0.05) is 22.4 Å². The molecule has 2 heteroatoms. The van der Waals surface area contributed by atoms with Crippen LogP contribution in [0.5, 0.6) is 0 Å². The van der Waals surface area contributed by atoms with E-state index in [0.29, 0.717) is 0 Å². The van der Waals surface area contributed by atoms with Gasteiger partial charge in [-0.25, -0.2) is 0 Å². The summed E-state index contributed by atoms with van der Waals surface area (Å²) in [6, 6.07) is 30.6. The fraction of sp³-hybridized carbons (Fsp3) is 0. The fourth-order valence-corrected chi connectivity index (χ4v) is 4.88. The molecule has 0 spiro atoms. The number of nitrogens with zero attached hydrogens (tertiary/aromatic N) is 1. The third-order valence-electron chi connectivity index (χ3n) is 5.77. The molecule has 136 valence electrons. The third-order valence-corrected chi connectivity index (χ3v) is 6.27. The summed E-state index contributed by atoms with van der Waals surface area (Å²) in [7, 11) is 0. The highest BCUT2D eigenvalue weighted by atomic mass is 79.9. The van der Waals surface area contributed by atoms with Crippen LogP contribution in [0.4, 0.5) is 0 Å². The number of benzene rings is 5. The van der Waals surface area contributed by atoms with Crippen molar-refractivity contribution in [2.24, 2.45) is 0 Å². The van der Waals surface area contributed by atoms with E-state index in [2.05, 4.69) is 99.8 Å². The Hall–Kier alpha value is -3.23. The molecule has 1 nitrogen and oxygen atoms in total. The van der Waals surface area contributed by atoms with E-state index in [-0.39, 0.29) is 0 Å². The molecule has 0 atom stereocenters. The summed E-state index contributed by atoms with van der Waals surface area (Å²) in [5.41, 5.74) is 4.87. The van der Waals surface area contributed by atoms with Crippen LogP contribution in [-0.4, -0.2) is 4.98 Å². The van der Waals surface area contributed by atoms with Crippen molar-refractivity contribution in [3.63, 3.8) is 0 Å². The van der Waals surface area contributed by atoms with Crippen molar-refractivity contribution in [1.82, 2.24) is 4.98 Å². The lowest BCUT2D eigenvalue weighted by atomic mass is 9.87. The summed E-state index contributed by atoms with van der Waals surface area (Å²) in [6.07, 6.45) is 3.77. The largest absolute Gasteiger partial charge is 0.264 e. The minimum atomic E-state index is 1.10. The average Bonchev–Trinajstić information content (AvgIpc) is 2.78. The van der Waals surface area contributed by atoms with Crippen LogP contribution in [0.25, 0.3) is 54.6 Å². The van der Waals surface area contributed by atoms with Gasteiger partial charge >= 0.3 is 0 Å². The van der Waals surface area contributed by atoms with E-state index in [1.165, 1.54) is 49.0 Å². The van der Waals surface area contributed by atoms with Crippen LogP contribution >= 0.6 is 15.9 Å². The highest BCUT2D eigenvalue weighted by molar-refractivity contribution is 9.10. The Balaban J connectivity index is 1.75. The van der Waals surface area contributed by atoms with Crippen LogP contribution < -0.4 is 0 Å². The highest BCUT2D eigenvalue weighted by Gasteiger charge is 2.14. The van der Waals surface area contributed by atoms with Crippen molar-refractivity contribution in [1.29, 1.82) is 0 Å². The monoisotopic (exact) mass is 433 g/mol. The van der Waals surface area contributed by atoms with E-state index < -0.39 is 0 Å². The SMILES string of the molecule is Brc1cccc(-c2ccc3ccc4c(-c5cccnc5)ccc5ccc2c3c54)c1. The zero-order chi connectivity index (χ0) is 19.4. The van der Waals surface area contributed by atoms with Crippen LogP contribution in [0.1, 0.15) is 0 Å².